The first kappa shape index (κ1) is 23.6. The van der Waals surface area contributed by atoms with Gasteiger partial charge in [0.25, 0.3) is 5.91 Å². The number of halogens is 1. The third-order valence-electron chi connectivity index (χ3n) is 4.78. The van der Waals surface area contributed by atoms with Crippen LogP contribution < -0.4 is 21.7 Å². The normalized spacial score (nSPS) is 11.4. The molecule has 1 atom stereocenters. The average molecular weight is 469 g/mol. The van der Waals surface area contributed by atoms with Crippen molar-refractivity contribution in [3.8, 4) is 0 Å². The molecule has 33 heavy (non-hydrogen) atoms. The summed E-state index contributed by atoms with van der Waals surface area (Å²) in [6.45, 7) is 0. The van der Waals surface area contributed by atoms with Crippen molar-refractivity contribution in [2.24, 2.45) is 5.73 Å². The molecule has 3 rings (SSSR count). The van der Waals surface area contributed by atoms with E-state index in [0.717, 1.165) is 5.39 Å². The average Bonchev–Trinajstić information content (AvgIpc) is 2.77. The van der Waals surface area contributed by atoms with Crippen molar-refractivity contribution in [2.45, 2.75) is 18.9 Å². The van der Waals surface area contributed by atoms with Gasteiger partial charge in [0, 0.05) is 6.42 Å². The zero-order chi connectivity index (χ0) is 24.0. The first-order valence-corrected chi connectivity index (χ1v) is 10.3. The number of rotatable bonds is 8. The topological polar surface area (TPSA) is 151 Å². The van der Waals surface area contributed by atoms with Crippen LogP contribution in [0.5, 0.6) is 0 Å². The van der Waals surface area contributed by atoms with Crippen LogP contribution in [0, 0.1) is 0 Å². The summed E-state index contributed by atoms with van der Waals surface area (Å²) in [5.41, 5.74) is 5.68. The second-order valence-electron chi connectivity index (χ2n) is 7.17. The van der Waals surface area contributed by atoms with Gasteiger partial charge >= 0.3 is 12.0 Å². The molecule has 0 aliphatic heterocycles. The second kappa shape index (κ2) is 10.5. The highest BCUT2D eigenvalue weighted by molar-refractivity contribution is 6.33. The van der Waals surface area contributed by atoms with E-state index in [0.29, 0.717) is 16.1 Å². The van der Waals surface area contributed by atoms with E-state index in [1.165, 1.54) is 0 Å². The summed E-state index contributed by atoms with van der Waals surface area (Å²) in [6, 6.07) is 15.0. The summed E-state index contributed by atoms with van der Waals surface area (Å²) < 4.78 is 0. The number of amides is 4. The molecule has 0 radical (unpaired) electrons. The molecule has 0 aromatic heterocycles. The van der Waals surface area contributed by atoms with Gasteiger partial charge < -0.3 is 26.8 Å². The standard InChI is InChI=1S/C23H21ClN4O5/c24-16-7-3-4-8-17(16)27-23(33)28-19-12-14-6-2-1-5-13(14)11-15(19)21(30)26-18(22(31)32)9-10-20(25)29/h1-8,11-12,18H,9-10H2,(H2,25,29)(H,26,30)(H,31,32)(H2,27,28,33)/t18-/m0/s1. The molecule has 0 aliphatic rings. The summed E-state index contributed by atoms with van der Waals surface area (Å²) in [4.78, 5) is 48.1. The number of aliphatic carboxylic acids is 1. The van der Waals surface area contributed by atoms with Gasteiger partial charge in [0.05, 0.1) is 22.0 Å². The number of benzene rings is 3. The van der Waals surface area contributed by atoms with Gasteiger partial charge in [-0.3, -0.25) is 9.59 Å². The van der Waals surface area contributed by atoms with E-state index >= 15 is 0 Å². The van der Waals surface area contributed by atoms with Crippen molar-refractivity contribution in [1.29, 1.82) is 0 Å². The molecular formula is C23H21ClN4O5. The molecule has 4 amide bonds. The van der Waals surface area contributed by atoms with Gasteiger partial charge in [0.1, 0.15) is 6.04 Å². The van der Waals surface area contributed by atoms with Gasteiger partial charge in [-0.1, -0.05) is 48.0 Å². The van der Waals surface area contributed by atoms with Crippen LogP contribution in [0.2, 0.25) is 5.02 Å². The lowest BCUT2D eigenvalue weighted by Crippen LogP contribution is -2.41. The Morgan fingerprint density at radius 2 is 1.52 bits per heavy atom. The number of hydrogen-bond donors (Lipinski definition) is 5. The summed E-state index contributed by atoms with van der Waals surface area (Å²) in [7, 11) is 0. The lowest BCUT2D eigenvalue weighted by molar-refractivity contribution is -0.139. The molecule has 6 N–H and O–H groups in total. The Hall–Kier alpha value is -4.11. The number of primary amides is 1. The highest BCUT2D eigenvalue weighted by Gasteiger charge is 2.23. The number of carbonyl (C=O) groups is 4. The van der Waals surface area contributed by atoms with Gasteiger partial charge in [-0.15, -0.1) is 0 Å². The minimum Gasteiger partial charge on any atom is -0.480 e. The highest BCUT2D eigenvalue weighted by Crippen LogP contribution is 2.26. The Morgan fingerprint density at radius 3 is 2.15 bits per heavy atom. The molecule has 3 aromatic carbocycles. The van der Waals surface area contributed by atoms with Gasteiger partial charge in [0.15, 0.2) is 0 Å². The number of urea groups is 1. The Kier molecular flexibility index (Phi) is 7.47. The summed E-state index contributed by atoms with van der Waals surface area (Å²) in [5.74, 6) is -2.72. The number of fused-ring (bicyclic) bond motifs is 1. The molecule has 0 unspecified atom stereocenters. The van der Waals surface area contributed by atoms with E-state index < -0.39 is 29.9 Å². The zero-order valence-electron chi connectivity index (χ0n) is 17.3. The molecule has 0 saturated carbocycles. The van der Waals surface area contributed by atoms with Crippen LogP contribution in [0.3, 0.4) is 0 Å². The van der Waals surface area contributed by atoms with Crippen molar-refractivity contribution in [3.05, 3.63) is 71.2 Å². The first-order chi connectivity index (χ1) is 15.7. The van der Waals surface area contributed by atoms with Crippen molar-refractivity contribution < 1.29 is 24.3 Å². The Bertz CT molecular complexity index is 1230. The van der Waals surface area contributed by atoms with Gasteiger partial charge in [-0.25, -0.2) is 9.59 Å². The predicted molar refractivity (Wildman–Crippen MR) is 125 cm³/mol. The number of hydrogen-bond acceptors (Lipinski definition) is 4. The van der Waals surface area contributed by atoms with Crippen LogP contribution in [-0.2, 0) is 9.59 Å². The number of carboxylic acid groups (broad SMARTS) is 1. The molecule has 0 spiro atoms. The van der Waals surface area contributed by atoms with E-state index in [1.54, 1.807) is 60.7 Å². The lowest BCUT2D eigenvalue weighted by Gasteiger charge is -2.17. The van der Waals surface area contributed by atoms with Crippen molar-refractivity contribution in [2.75, 3.05) is 10.6 Å². The maximum atomic E-state index is 13.0. The predicted octanol–water partition coefficient (Wildman–Crippen LogP) is 3.59. The third-order valence-corrected chi connectivity index (χ3v) is 5.11. The molecular weight excluding hydrogens is 448 g/mol. The van der Waals surface area contributed by atoms with Gasteiger partial charge in [0.2, 0.25) is 5.91 Å². The van der Waals surface area contributed by atoms with Crippen LogP contribution in [0.25, 0.3) is 10.8 Å². The zero-order valence-corrected chi connectivity index (χ0v) is 18.1. The highest BCUT2D eigenvalue weighted by atomic mass is 35.5. The fourth-order valence-corrected chi connectivity index (χ4v) is 3.33. The third kappa shape index (κ3) is 6.20. The van der Waals surface area contributed by atoms with Crippen LogP contribution in [0.15, 0.2) is 60.7 Å². The van der Waals surface area contributed by atoms with Crippen LogP contribution >= 0.6 is 11.6 Å². The largest absolute Gasteiger partial charge is 0.480 e. The van der Waals surface area contributed by atoms with Crippen LogP contribution in [0.4, 0.5) is 16.2 Å². The maximum absolute atomic E-state index is 13.0. The Labute approximate surface area is 193 Å². The van der Waals surface area contributed by atoms with E-state index in [2.05, 4.69) is 16.0 Å². The molecule has 9 nitrogen and oxygen atoms in total. The maximum Gasteiger partial charge on any atom is 0.326 e. The van der Waals surface area contributed by atoms with Crippen LogP contribution in [-0.4, -0.2) is 35.0 Å². The van der Waals surface area contributed by atoms with Gasteiger partial charge in [-0.2, -0.15) is 0 Å². The fourth-order valence-electron chi connectivity index (χ4n) is 3.15. The summed E-state index contributed by atoms with van der Waals surface area (Å²) in [5, 5.41) is 18.8. The number of carboxylic acids is 1. The molecule has 0 heterocycles. The monoisotopic (exact) mass is 468 g/mol. The number of carbonyl (C=O) groups excluding carboxylic acids is 3. The fraction of sp³-hybridized carbons (Fsp3) is 0.130. The molecule has 170 valence electrons. The lowest BCUT2D eigenvalue weighted by atomic mass is 10.0. The molecule has 3 aromatic rings. The van der Waals surface area contributed by atoms with Crippen molar-refractivity contribution >= 4 is 57.6 Å². The molecule has 0 bridgehead atoms. The summed E-state index contributed by atoms with van der Waals surface area (Å²) in [6.07, 6.45) is -0.375. The SMILES string of the molecule is NC(=O)CC[C@H](NC(=O)c1cc2ccccc2cc1NC(=O)Nc1ccccc1Cl)C(=O)O. The van der Waals surface area contributed by atoms with Gasteiger partial charge in [-0.05, 0) is 41.5 Å². The van der Waals surface area contributed by atoms with Crippen LogP contribution in [0.1, 0.15) is 23.2 Å². The molecule has 0 saturated heterocycles. The van der Waals surface area contributed by atoms with E-state index in [4.69, 9.17) is 17.3 Å². The van der Waals surface area contributed by atoms with Crippen molar-refractivity contribution in [1.82, 2.24) is 5.32 Å². The minimum absolute atomic E-state index is 0.0494. The number of nitrogens with one attached hydrogen (secondary N) is 3. The Balaban J connectivity index is 1.89. The Morgan fingerprint density at radius 1 is 0.909 bits per heavy atom. The molecule has 0 fully saturated rings. The second-order valence-corrected chi connectivity index (χ2v) is 7.58. The van der Waals surface area contributed by atoms with E-state index in [1.807, 2.05) is 0 Å². The minimum atomic E-state index is -1.33. The molecule has 0 aliphatic carbocycles. The van der Waals surface area contributed by atoms with E-state index in [-0.39, 0.29) is 24.1 Å². The quantitative estimate of drug-likeness (QED) is 0.342. The first-order valence-electron chi connectivity index (χ1n) is 9.92. The number of para-hydroxylation sites is 1. The van der Waals surface area contributed by atoms with E-state index in [9.17, 15) is 24.3 Å². The summed E-state index contributed by atoms with van der Waals surface area (Å²) >= 11 is 6.07. The van der Waals surface area contributed by atoms with Crippen molar-refractivity contribution in [3.63, 3.8) is 0 Å². The smallest absolute Gasteiger partial charge is 0.326 e. The number of nitrogens with two attached hydrogens (primary N) is 1. The number of anilines is 2. The molecule has 10 heteroatoms.